The second kappa shape index (κ2) is 8.47. The summed E-state index contributed by atoms with van der Waals surface area (Å²) in [5, 5.41) is 25.1. The number of H-pyrrole nitrogens is 1. The molecule has 0 unspecified atom stereocenters. The summed E-state index contributed by atoms with van der Waals surface area (Å²) in [6.45, 7) is 1.83. The lowest BCUT2D eigenvalue weighted by Crippen LogP contribution is -2.28. The van der Waals surface area contributed by atoms with E-state index >= 15 is 0 Å². The Kier molecular flexibility index (Phi) is 5.84. The zero-order chi connectivity index (χ0) is 19.2. The van der Waals surface area contributed by atoms with Gasteiger partial charge in [-0.2, -0.15) is 5.10 Å². The van der Waals surface area contributed by atoms with Crippen LogP contribution >= 0.6 is 11.6 Å². The minimum atomic E-state index is -0.449. The molecule has 2 aromatic heterocycles. The average Bonchev–Trinajstić information content (AvgIpc) is 3.06. The van der Waals surface area contributed by atoms with Gasteiger partial charge in [0, 0.05) is 29.0 Å². The SMILES string of the molecule is Cc1cc(Nc2cnc(C(=O)NCCO)c(Nc3ccc(Cl)cc3)n2)n[nH]1. The van der Waals surface area contributed by atoms with E-state index in [0.29, 0.717) is 22.3 Å². The molecule has 1 amide bonds. The van der Waals surface area contributed by atoms with E-state index in [-0.39, 0.29) is 24.7 Å². The first kappa shape index (κ1) is 18.6. The monoisotopic (exact) mass is 387 g/mol. The summed E-state index contributed by atoms with van der Waals surface area (Å²) in [7, 11) is 0. The number of halogens is 1. The molecule has 0 fully saturated rings. The summed E-state index contributed by atoms with van der Waals surface area (Å²) in [5.41, 5.74) is 1.69. The lowest BCUT2D eigenvalue weighted by Gasteiger charge is -2.12. The molecule has 140 valence electrons. The van der Waals surface area contributed by atoms with Gasteiger partial charge in [0.15, 0.2) is 23.1 Å². The third-order valence-corrected chi connectivity index (χ3v) is 3.71. The summed E-state index contributed by atoms with van der Waals surface area (Å²) in [4.78, 5) is 21.0. The van der Waals surface area contributed by atoms with Crippen molar-refractivity contribution in [3.63, 3.8) is 0 Å². The molecule has 1 aromatic carbocycles. The molecule has 9 nitrogen and oxygen atoms in total. The van der Waals surface area contributed by atoms with E-state index in [2.05, 4.69) is 36.1 Å². The molecular formula is C17H18ClN7O2. The van der Waals surface area contributed by atoms with Crippen LogP contribution in [-0.4, -0.2) is 44.3 Å². The molecule has 0 aliphatic carbocycles. The standard InChI is InChI=1S/C17H18ClN7O2/c1-10-8-13(25-24-10)22-14-9-20-15(17(27)19-6-7-26)16(23-14)21-12-4-2-11(18)3-5-12/h2-5,8-9,26H,6-7H2,1H3,(H,19,27)(H3,21,22,23,24,25). The van der Waals surface area contributed by atoms with Gasteiger partial charge in [0.05, 0.1) is 12.8 Å². The number of carbonyl (C=O) groups is 1. The Morgan fingerprint density at radius 1 is 1.22 bits per heavy atom. The number of nitrogens with one attached hydrogen (secondary N) is 4. The second-order valence-corrected chi connectivity index (χ2v) is 6.06. The van der Waals surface area contributed by atoms with Crippen molar-refractivity contribution in [1.82, 2.24) is 25.5 Å². The number of hydrogen-bond donors (Lipinski definition) is 5. The maximum Gasteiger partial charge on any atom is 0.273 e. The van der Waals surface area contributed by atoms with Crippen LogP contribution in [0, 0.1) is 6.92 Å². The van der Waals surface area contributed by atoms with Crippen LogP contribution in [0.1, 0.15) is 16.2 Å². The lowest BCUT2D eigenvalue weighted by atomic mass is 10.3. The number of rotatable bonds is 7. The minimum absolute atomic E-state index is 0.0992. The number of aryl methyl sites for hydroxylation is 1. The smallest absolute Gasteiger partial charge is 0.273 e. The highest BCUT2D eigenvalue weighted by Crippen LogP contribution is 2.22. The van der Waals surface area contributed by atoms with Crippen LogP contribution in [-0.2, 0) is 0 Å². The molecule has 3 rings (SSSR count). The van der Waals surface area contributed by atoms with Crippen molar-refractivity contribution >= 4 is 40.6 Å². The highest BCUT2D eigenvalue weighted by Gasteiger charge is 2.16. The van der Waals surface area contributed by atoms with E-state index in [1.807, 2.05) is 13.0 Å². The molecule has 10 heteroatoms. The molecule has 0 saturated heterocycles. The summed E-state index contributed by atoms with van der Waals surface area (Å²) < 4.78 is 0. The highest BCUT2D eigenvalue weighted by molar-refractivity contribution is 6.30. The topological polar surface area (TPSA) is 128 Å². The van der Waals surface area contributed by atoms with Gasteiger partial charge in [0.2, 0.25) is 0 Å². The first-order chi connectivity index (χ1) is 13.0. The molecule has 2 heterocycles. The Bertz CT molecular complexity index is 927. The molecule has 27 heavy (non-hydrogen) atoms. The van der Waals surface area contributed by atoms with E-state index in [9.17, 15) is 4.79 Å². The Balaban J connectivity index is 1.89. The molecule has 0 aliphatic heterocycles. The van der Waals surface area contributed by atoms with Crippen molar-refractivity contribution < 1.29 is 9.90 Å². The van der Waals surface area contributed by atoms with Gasteiger partial charge in [0.25, 0.3) is 5.91 Å². The average molecular weight is 388 g/mol. The van der Waals surface area contributed by atoms with Gasteiger partial charge in [-0.05, 0) is 31.2 Å². The zero-order valence-electron chi connectivity index (χ0n) is 14.5. The van der Waals surface area contributed by atoms with E-state index in [4.69, 9.17) is 16.7 Å². The van der Waals surface area contributed by atoms with E-state index in [0.717, 1.165) is 5.69 Å². The normalized spacial score (nSPS) is 10.5. The highest BCUT2D eigenvalue weighted by atomic mass is 35.5. The number of amides is 1. The number of aliphatic hydroxyl groups is 1. The van der Waals surface area contributed by atoms with Crippen LogP contribution in [0.3, 0.4) is 0 Å². The molecule has 0 atom stereocenters. The first-order valence-electron chi connectivity index (χ1n) is 8.13. The van der Waals surface area contributed by atoms with Gasteiger partial charge in [-0.15, -0.1) is 0 Å². The van der Waals surface area contributed by atoms with Crippen LogP contribution in [0.15, 0.2) is 36.5 Å². The fraction of sp³-hybridized carbons (Fsp3) is 0.176. The zero-order valence-corrected chi connectivity index (χ0v) is 15.2. The fourth-order valence-corrected chi connectivity index (χ4v) is 2.37. The number of aromatic amines is 1. The maximum absolute atomic E-state index is 12.3. The number of aromatic nitrogens is 4. The number of aliphatic hydroxyl groups excluding tert-OH is 1. The van der Waals surface area contributed by atoms with Crippen LogP contribution in [0.2, 0.25) is 5.02 Å². The Morgan fingerprint density at radius 3 is 2.67 bits per heavy atom. The Labute approximate surface area is 160 Å². The third kappa shape index (κ3) is 4.93. The lowest BCUT2D eigenvalue weighted by molar-refractivity contribution is 0.0940. The van der Waals surface area contributed by atoms with Crippen LogP contribution < -0.4 is 16.0 Å². The van der Waals surface area contributed by atoms with Crippen molar-refractivity contribution in [1.29, 1.82) is 0 Å². The molecule has 0 spiro atoms. The van der Waals surface area contributed by atoms with Gasteiger partial charge in [0.1, 0.15) is 0 Å². The van der Waals surface area contributed by atoms with Crippen molar-refractivity contribution in [2.45, 2.75) is 6.92 Å². The maximum atomic E-state index is 12.3. The second-order valence-electron chi connectivity index (χ2n) is 5.63. The third-order valence-electron chi connectivity index (χ3n) is 3.45. The molecular weight excluding hydrogens is 370 g/mol. The van der Waals surface area contributed by atoms with Gasteiger partial charge in [-0.1, -0.05) is 11.6 Å². The summed E-state index contributed by atoms with van der Waals surface area (Å²) in [6.07, 6.45) is 1.44. The molecule has 0 saturated carbocycles. The van der Waals surface area contributed by atoms with Gasteiger partial charge < -0.3 is 21.1 Å². The van der Waals surface area contributed by atoms with E-state index < -0.39 is 5.91 Å². The van der Waals surface area contributed by atoms with E-state index in [1.54, 1.807) is 24.3 Å². The van der Waals surface area contributed by atoms with Crippen LogP contribution in [0.25, 0.3) is 0 Å². The number of carbonyl (C=O) groups excluding carboxylic acids is 1. The molecule has 5 N–H and O–H groups in total. The number of hydrogen-bond acceptors (Lipinski definition) is 7. The Morgan fingerprint density at radius 2 is 2.00 bits per heavy atom. The fourth-order valence-electron chi connectivity index (χ4n) is 2.24. The van der Waals surface area contributed by atoms with Crippen molar-refractivity contribution in [2.75, 3.05) is 23.8 Å². The molecule has 0 radical (unpaired) electrons. The predicted molar refractivity (Wildman–Crippen MR) is 103 cm³/mol. The summed E-state index contributed by atoms with van der Waals surface area (Å²) in [6, 6.07) is 8.78. The largest absolute Gasteiger partial charge is 0.395 e. The van der Waals surface area contributed by atoms with Crippen LogP contribution in [0.4, 0.5) is 23.1 Å². The molecule has 0 aliphatic rings. The van der Waals surface area contributed by atoms with Crippen molar-refractivity contribution in [3.8, 4) is 0 Å². The van der Waals surface area contributed by atoms with Crippen molar-refractivity contribution in [2.24, 2.45) is 0 Å². The quantitative estimate of drug-likeness (QED) is 0.421. The minimum Gasteiger partial charge on any atom is -0.395 e. The van der Waals surface area contributed by atoms with E-state index in [1.165, 1.54) is 6.20 Å². The molecule has 0 bridgehead atoms. The van der Waals surface area contributed by atoms with Gasteiger partial charge >= 0.3 is 0 Å². The summed E-state index contributed by atoms with van der Waals surface area (Å²) in [5.74, 6) is 0.800. The van der Waals surface area contributed by atoms with Gasteiger partial charge in [-0.3, -0.25) is 9.89 Å². The predicted octanol–water partition coefficient (Wildman–Crippen LogP) is 2.37. The number of benzene rings is 1. The number of anilines is 4. The van der Waals surface area contributed by atoms with Crippen molar-refractivity contribution in [3.05, 3.63) is 52.9 Å². The van der Waals surface area contributed by atoms with Crippen LogP contribution in [0.5, 0.6) is 0 Å². The summed E-state index contributed by atoms with van der Waals surface area (Å²) >= 11 is 5.91. The number of nitrogens with zero attached hydrogens (tertiary/aromatic N) is 3. The molecule has 3 aromatic rings. The first-order valence-corrected chi connectivity index (χ1v) is 8.50. The Hall–Kier alpha value is -3.17. The van der Waals surface area contributed by atoms with Gasteiger partial charge in [-0.25, -0.2) is 9.97 Å².